The van der Waals surface area contributed by atoms with Gasteiger partial charge in [0.15, 0.2) is 0 Å². The van der Waals surface area contributed by atoms with Crippen molar-refractivity contribution in [2.24, 2.45) is 5.92 Å². The van der Waals surface area contributed by atoms with Crippen molar-refractivity contribution in [1.29, 1.82) is 0 Å². The summed E-state index contributed by atoms with van der Waals surface area (Å²) in [6.07, 6.45) is 5.52. The van der Waals surface area contributed by atoms with Crippen LogP contribution in [0.4, 0.5) is 0 Å². The van der Waals surface area contributed by atoms with Crippen LogP contribution in [-0.2, 0) is 4.79 Å². The molecule has 86 valence electrons. The van der Waals surface area contributed by atoms with Gasteiger partial charge in [0.1, 0.15) is 0 Å². The topological polar surface area (TPSA) is 32.3 Å². The molecule has 0 radical (unpaired) electrons. The lowest BCUT2D eigenvalue weighted by Gasteiger charge is -2.32. The molecule has 1 rings (SSSR count). The monoisotopic (exact) mass is 210 g/mol. The summed E-state index contributed by atoms with van der Waals surface area (Å²) < 4.78 is 0. The molecule has 0 aromatic carbocycles. The maximum atomic E-state index is 11.7. The van der Waals surface area contributed by atoms with E-state index >= 15 is 0 Å². The van der Waals surface area contributed by atoms with Crippen molar-refractivity contribution in [3.05, 3.63) is 12.7 Å². The molecule has 0 spiro atoms. The first-order chi connectivity index (χ1) is 7.27. The molecule has 1 aliphatic rings. The molecule has 0 unspecified atom stereocenters. The van der Waals surface area contributed by atoms with Crippen molar-refractivity contribution in [3.63, 3.8) is 0 Å². The summed E-state index contributed by atoms with van der Waals surface area (Å²) >= 11 is 0. The normalized spacial score (nSPS) is 17.8. The fourth-order valence-electron chi connectivity index (χ4n) is 2.06. The Kier molecular flexibility index (Phi) is 5.40. The fourth-order valence-corrected chi connectivity index (χ4v) is 2.06. The number of amides is 1. The number of nitrogens with one attached hydrogen (secondary N) is 1. The van der Waals surface area contributed by atoms with Gasteiger partial charge in [-0.05, 0) is 38.8 Å². The number of rotatable bonds is 5. The van der Waals surface area contributed by atoms with Crippen molar-refractivity contribution >= 4 is 5.91 Å². The van der Waals surface area contributed by atoms with Crippen LogP contribution in [0.2, 0.25) is 0 Å². The molecule has 1 N–H and O–H groups in total. The molecule has 1 aliphatic heterocycles. The molecule has 1 amide bonds. The van der Waals surface area contributed by atoms with Gasteiger partial charge in [0, 0.05) is 19.5 Å². The lowest BCUT2D eigenvalue weighted by atomic mass is 9.96. The molecule has 0 aliphatic carbocycles. The standard InChI is InChI=1S/C12H22N2O/c1-3-4-5-12(15)14-8-6-11(7-9-14)10-13-2/h3,11,13H,1,4-10H2,2H3. The fraction of sp³-hybridized carbons (Fsp3) is 0.750. The van der Waals surface area contributed by atoms with E-state index in [1.165, 1.54) is 0 Å². The first-order valence-electron chi connectivity index (χ1n) is 5.81. The Balaban J connectivity index is 2.24. The van der Waals surface area contributed by atoms with Gasteiger partial charge in [0.05, 0.1) is 0 Å². The Labute approximate surface area is 92.5 Å². The van der Waals surface area contributed by atoms with Crippen LogP contribution in [0.5, 0.6) is 0 Å². The number of allylic oxidation sites excluding steroid dienone is 1. The zero-order valence-corrected chi connectivity index (χ0v) is 9.67. The minimum absolute atomic E-state index is 0.290. The number of piperidine rings is 1. The second-order valence-corrected chi connectivity index (χ2v) is 4.21. The highest BCUT2D eigenvalue weighted by molar-refractivity contribution is 5.76. The summed E-state index contributed by atoms with van der Waals surface area (Å²) in [4.78, 5) is 13.7. The van der Waals surface area contributed by atoms with E-state index in [-0.39, 0.29) is 5.91 Å². The summed E-state index contributed by atoms with van der Waals surface area (Å²) in [5.41, 5.74) is 0. The lowest BCUT2D eigenvalue weighted by molar-refractivity contribution is -0.132. The van der Waals surface area contributed by atoms with Gasteiger partial charge < -0.3 is 10.2 Å². The Hall–Kier alpha value is -0.830. The maximum absolute atomic E-state index is 11.7. The molecule has 0 aromatic rings. The largest absolute Gasteiger partial charge is 0.343 e. The number of likely N-dealkylation sites (tertiary alicyclic amines) is 1. The van der Waals surface area contributed by atoms with Gasteiger partial charge in [-0.1, -0.05) is 6.08 Å². The minimum atomic E-state index is 0.290. The average molecular weight is 210 g/mol. The van der Waals surface area contributed by atoms with Crippen molar-refractivity contribution in [1.82, 2.24) is 10.2 Å². The van der Waals surface area contributed by atoms with E-state index in [0.717, 1.165) is 44.8 Å². The van der Waals surface area contributed by atoms with Crippen molar-refractivity contribution < 1.29 is 4.79 Å². The number of carbonyl (C=O) groups is 1. The molecule has 0 saturated carbocycles. The number of nitrogens with zero attached hydrogens (tertiary/aromatic N) is 1. The van der Waals surface area contributed by atoms with Gasteiger partial charge in [-0.3, -0.25) is 4.79 Å². The first kappa shape index (κ1) is 12.2. The maximum Gasteiger partial charge on any atom is 0.222 e. The summed E-state index contributed by atoms with van der Waals surface area (Å²) in [7, 11) is 1.99. The third-order valence-electron chi connectivity index (χ3n) is 3.02. The molecular formula is C12H22N2O. The predicted molar refractivity (Wildman–Crippen MR) is 62.7 cm³/mol. The van der Waals surface area contributed by atoms with Crippen LogP contribution >= 0.6 is 0 Å². The second kappa shape index (κ2) is 6.62. The van der Waals surface area contributed by atoms with E-state index in [4.69, 9.17) is 0 Å². The van der Waals surface area contributed by atoms with Crippen LogP contribution in [-0.4, -0.2) is 37.5 Å². The van der Waals surface area contributed by atoms with Crippen molar-refractivity contribution in [2.75, 3.05) is 26.7 Å². The Morgan fingerprint density at radius 3 is 2.73 bits per heavy atom. The molecule has 15 heavy (non-hydrogen) atoms. The average Bonchev–Trinajstić information content (AvgIpc) is 2.27. The van der Waals surface area contributed by atoms with Crippen molar-refractivity contribution in [3.8, 4) is 0 Å². The van der Waals surface area contributed by atoms with Gasteiger partial charge in [-0.25, -0.2) is 0 Å². The molecule has 1 saturated heterocycles. The number of hydrogen-bond acceptors (Lipinski definition) is 2. The highest BCUT2D eigenvalue weighted by Gasteiger charge is 2.21. The lowest BCUT2D eigenvalue weighted by Crippen LogP contribution is -2.40. The smallest absolute Gasteiger partial charge is 0.222 e. The summed E-state index contributed by atoms with van der Waals surface area (Å²) in [6.45, 7) is 6.58. The zero-order chi connectivity index (χ0) is 11.1. The van der Waals surface area contributed by atoms with Gasteiger partial charge in [-0.15, -0.1) is 6.58 Å². The quantitative estimate of drug-likeness (QED) is 0.696. The molecular weight excluding hydrogens is 188 g/mol. The van der Waals surface area contributed by atoms with Crippen molar-refractivity contribution in [2.45, 2.75) is 25.7 Å². The highest BCUT2D eigenvalue weighted by atomic mass is 16.2. The molecule has 0 aromatic heterocycles. The Morgan fingerprint density at radius 2 is 2.20 bits per heavy atom. The van der Waals surface area contributed by atoms with E-state index in [1.54, 1.807) is 0 Å². The molecule has 3 nitrogen and oxygen atoms in total. The van der Waals surface area contributed by atoms with Crippen LogP contribution in [0.3, 0.4) is 0 Å². The minimum Gasteiger partial charge on any atom is -0.343 e. The van der Waals surface area contributed by atoms with Gasteiger partial charge in [-0.2, -0.15) is 0 Å². The van der Waals surface area contributed by atoms with Crippen LogP contribution in [0.1, 0.15) is 25.7 Å². The van der Waals surface area contributed by atoms with Crippen LogP contribution in [0.15, 0.2) is 12.7 Å². The van der Waals surface area contributed by atoms with Crippen LogP contribution in [0.25, 0.3) is 0 Å². The Morgan fingerprint density at radius 1 is 1.53 bits per heavy atom. The number of hydrogen-bond donors (Lipinski definition) is 1. The summed E-state index contributed by atoms with van der Waals surface area (Å²) in [6, 6.07) is 0. The second-order valence-electron chi connectivity index (χ2n) is 4.21. The van der Waals surface area contributed by atoms with Gasteiger partial charge in [0.25, 0.3) is 0 Å². The molecule has 1 fully saturated rings. The third kappa shape index (κ3) is 4.04. The molecule has 0 bridgehead atoms. The predicted octanol–water partition coefficient (Wildman–Crippen LogP) is 1.41. The zero-order valence-electron chi connectivity index (χ0n) is 9.67. The van der Waals surface area contributed by atoms with Gasteiger partial charge in [0.2, 0.25) is 5.91 Å². The first-order valence-corrected chi connectivity index (χ1v) is 5.81. The van der Waals surface area contributed by atoms with E-state index in [0.29, 0.717) is 6.42 Å². The van der Waals surface area contributed by atoms with Crippen LogP contribution in [0, 0.1) is 5.92 Å². The SMILES string of the molecule is C=CCCC(=O)N1CCC(CNC)CC1. The van der Waals surface area contributed by atoms with E-state index in [2.05, 4.69) is 11.9 Å². The van der Waals surface area contributed by atoms with E-state index < -0.39 is 0 Å². The highest BCUT2D eigenvalue weighted by Crippen LogP contribution is 2.17. The summed E-state index contributed by atoms with van der Waals surface area (Å²) in [5.74, 6) is 1.04. The molecule has 3 heteroatoms. The third-order valence-corrected chi connectivity index (χ3v) is 3.02. The van der Waals surface area contributed by atoms with Gasteiger partial charge >= 0.3 is 0 Å². The molecule has 1 heterocycles. The summed E-state index contributed by atoms with van der Waals surface area (Å²) in [5, 5.41) is 3.20. The van der Waals surface area contributed by atoms with E-state index in [9.17, 15) is 4.79 Å². The Bertz CT molecular complexity index is 208. The van der Waals surface area contributed by atoms with Crippen LogP contribution < -0.4 is 5.32 Å². The number of carbonyl (C=O) groups excluding carboxylic acids is 1. The van der Waals surface area contributed by atoms with E-state index in [1.807, 2.05) is 18.0 Å². The molecule has 0 atom stereocenters.